The molecule has 0 atom stereocenters. The number of anilines is 2. The number of nitrogens with zero attached hydrogens (tertiary/aromatic N) is 2. The van der Waals surface area contributed by atoms with Gasteiger partial charge in [-0.3, -0.25) is 0 Å². The van der Waals surface area contributed by atoms with Gasteiger partial charge >= 0.3 is 5.97 Å². The van der Waals surface area contributed by atoms with E-state index >= 15 is 0 Å². The SMILES string of the molecule is CCCOC(=O)c1cnc2nc(C)ccc2c1Nc1cc(C)ccc1O. The number of nitrogens with one attached hydrogen (secondary N) is 1. The number of pyridine rings is 2. The standard InChI is InChI=1S/C20H21N3O3/c1-4-9-26-20(25)15-11-21-19-14(7-6-13(3)22-19)18(15)23-16-10-12(2)5-8-17(16)24/h5-8,10-11,24H,4,9H2,1-3H3,(H,21,22,23). The van der Waals surface area contributed by atoms with Gasteiger partial charge in [-0.05, 0) is 50.1 Å². The molecular formula is C20H21N3O3. The Morgan fingerprint density at radius 2 is 2.04 bits per heavy atom. The molecule has 0 fully saturated rings. The zero-order valence-corrected chi connectivity index (χ0v) is 15.0. The fourth-order valence-corrected chi connectivity index (χ4v) is 2.62. The summed E-state index contributed by atoms with van der Waals surface area (Å²) in [7, 11) is 0. The average molecular weight is 351 g/mol. The number of hydrogen-bond acceptors (Lipinski definition) is 6. The molecule has 0 bridgehead atoms. The number of phenols is 1. The number of hydrogen-bond donors (Lipinski definition) is 2. The molecule has 0 radical (unpaired) electrons. The Balaban J connectivity index is 2.15. The van der Waals surface area contributed by atoms with E-state index in [1.165, 1.54) is 6.20 Å². The summed E-state index contributed by atoms with van der Waals surface area (Å²) < 4.78 is 5.28. The third kappa shape index (κ3) is 3.59. The minimum absolute atomic E-state index is 0.0912. The number of carbonyl (C=O) groups is 1. The average Bonchev–Trinajstić information content (AvgIpc) is 2.62. The monoisotopic (exact) mass is 351 g/mol. The largest absolute Gasteiger partial charge is 0.506 e. The summed E-state index contributed by atoms with van der Waals surface area (Å²) in [5.41, 5.74) is 3.65. The second kappa shape index (κ2) is 7.39. The van der Waals surface area contributed by atoms with Crippen molar-refractivity contribution in [1.29, 1.82) is 0 Å². The highest BCUT2D eigenvalue weighted by atomic mass is 16.5. The zero-order chi connectivity index (χ0) is 18.7. The van der Waals surface area contributed by atoms with Crippen LogP contribution in [-0.2, 0) is 4.74 Å². The van der Waals surface area contributed by atoms with Gasteiger partial charge in [0, 0.05) is 17.3 Å². The summed E-state index contributed by atoms with van der Waals surface area (Å²) >= 11 is 0. The molecule has 6 nitrogen and oxygen atoms in total. The van der Waals surface area contributed by atoms with Gasteiger partial charge in [0.15, 0.2) is 5.65 Å². The molecule has 2 aromatic heterocycles. The van der Waals surface area contributed by atoms with Crippen molar-refractivity contribution < 1.29 is 14.6 Å². The van der Waals surface area contributed by atoms with Crippen LogP contribution in [-0.4, -0.2) is 27.7 Å². The first kappa shape index (κ1) is 17.7. The lowest BCUT2D eigenvalue weighted by Gasteiger charge is -2.15. The molecule has 134 valence electrons. The molecule has 26 heavy (non-hydrogen) atoms. The molecule has 2 N–H and O–H groups in total. The van der Waals surface area contributed by atoms with Crippen LogP contribution in [0, 0.1) is 13.8 Å². The van der Waals surface area contributed by atoms with Crippen molar-refractivity contribution >= 4 is 28.4 Å². The van der Waals surface area contributed by atoms with Crippen LogP contribution in [0.25, 0.3) is 11.0 Å². The lowest BCUT2D eigenvalue weighted by Crippen LogP contribution is -2.10. The number of carbonyl (C=O) groups excluding carboxylic acids is 1. The summed E-state index contributed by atoms with van der Waals surface area (Å²) in [5, 5.41) is 14.0. The number of aromatic nitrogens is 2. The van der Waals surface area contributed by atoms with E-state index < -0.39 is 5.97 Å². The normalized spacial score (nSPS) is 10.7. The Morgan fingerprint density at radius 1 is 1.23 bits per heavy atom. The van der Waals surface area contributed by atoms with E-state index in [0.29, 0.717) is 34.6 Å². The molecule has 0 saturated heterocycles. The molecule has 0 unspecified atom stereocenters. The van der Waals surface area contributed by atoms with Gasteiger partial charge in [0.25, 0.3) is 0 Å². The third-order valence-electron chi connectivity index (χ3n) is 3.94. The number of rotatable bonds is 5. The maximum absolute atomic E-state index is 12.5. The summed E-state index contributed by atoms with van der Waals surface area (Å²) in [5.74, 6) is -0.370. The topological polar surface area (TPSA) is 84.3 Å². The fourth-order valence-electron chi connectivity index (χ4n) is 2.62. The molecular weight excluding hydrogens is 330 g/mol. The van der Waals surface area contributed by atoms with Crippen LogP contribution in [0.3, 0.4) is 0 Å². The maximum atomic E-state index is 12.5. The van der Waals surface area contributed by atoms with Gasteiger partial charge < -0.3 is 15.2 Å². The van der Waals surface area contributed by atoms with Gasteiger partial charge in [-0.2, -0.15) is 0 Å². The highest BCUT2D eigenvalue weighted by molar-refractivity contribution is 6.05. The van der Waals surface area contributed by atoms with Crippen LogP contribution in [0.5, 0.6) is 5.75 Å². The Labute approximate surface area is 151 Å². The second-order valence-corrected chi connectivity index (χ2v) is 6.15. The van der Waals surface area contributed by atoms with E-state index in [1.807, 2.05) is 45.0 Å². The van der Waals surface area contributed by atoms with Crippen molar-refractivity contribution in [2.75, 3.05) is 11.9 Å². The van der Waals surface area contributed by atoms with Crippen LogP contribution in [0.2, 0.25) is 0 Å². The van der Waals surface area contributed by atoms with Crippen molar-refractivity contribution in [3.05, 3.63) is 53.3 Å². The van der Waals surface area contributed by atoms with E-state index in [4.69, 9.17) is 4.74 Å². The van der Waals surface area contributed by atoms with E-state index in [0.717, 1.165) is 17.7 Å². The van der Waals surface area contributed by atoms with Crippen molar-refractivity contribution in [1.82, 2.24) is 9.97 Å². The molecule has 3 aromatic rings. The van der Waals surface area contributed by atoms with Crippen molar-refractivity contribution in [2.24, 2.45) is 0 Å². The van der Waals surface area contributed by atoms with E-state index in [1.54, 1.807) is 6.07 Å². The quantitative estimate of drug-likeness (QED) is 0.528. The predicted molar refractivity (Wildman–Crippen MR) is 101 cm³/mol. The highest BCUT2D eigenvalue weighted by Crippen LogP contribution is 2.33. The fraction of sp³-hybridized carbons (Fsp3) is 0.250. The molecule has 3 rings (SSSR count). The van der Waals surface area contributed by atoms with E-state index in [9.17, 15) is 9.90 Å². The first-order valence-corrected chi connectivity index (χ1v) is 8.49. The molecule has 1 aromatic carbocycles. The van der Waals surface area contributed by atoms with Gasteiger partial charge in [-0.15, -0.1) is 0 Å². The van der Waals surface area contributed by atoms with Crippen LogP contribution in [0.1, 0.15) is 35.0 Å². The molecule has 6 heteroatoms. The van der Waals surface area contributed by atoms with E-state index in [2.05, 4.69) is 15.3 Å². The molecule has 0 amide bonds. The third-order valence-corrected chi connectivity index (χ3v) is 3.94. The highest BCUT2D eigenvalue weighted by Gasteiger charge is 2.18. The van der Waals surface area contributed by atoms with Gasteiger partial charge in [0.1, 0.15) is 11.3 Å². The zero-order valence-electron chi connectivity index (χ0n) is 15.0. The smallest absolute Gasteiger partial charge is 0.341 e. The van der Waals surface area contributed by atoms with Crippen molar-refractivity contribution in [3.63, 3.8) is 0 Å². The summed E-state index contributed by atoms with van der Waals surface area (Å²) in [4.78, 5) is 21.2. The van der Waals surface area contributed by atoms with Gasteiger partial charge in [-0.25, -0.2) is 14.8 Å². The van der Waals surface area contributed by atoms with Crippen LogP contribution >= 0.6 is 0 Å². The Hall–Kier alpha value is -3.15. The lowest BCUT2D eigenvalue weighted by molar-refractivity contribution is 0.0506. The van der Waals surface area contributed by atoms with Gasteiger partial charge in [0.05, 0.1) is 18.0 Å². The van der Waals surface area contributed by atoms with E-state index in [-0.39, 0.29) is 5.75 Å². The number of esters is 1. The first-order valence-electron chi connectivity index (χ1n) is 8.49. The van der Waals surface area contributed by atoms with Crippen molar-refractivity contribution in [3.8, 4) is 5.75 Å². The molecule has 2 heterocycles. The van der Waals surface area contributed by atoms with Crippen LogP contribution in [0.4, 0.5) is 11.4 Å². The first-order chi connectivity index (χ1) is 12.5. The number of fused-ring (bicyclic) bond motifs is 1. The molecule has 0 aliphatic carbocycles. The number of aromatic hydroxyl groups is 1. The number of aryl methyl sites for hydroxylation is 2. The minimum atomic E-state index is -0.462. The van der Waals surface area contributed by atoms with Gasteiger partial charge in [-0.1, -0.05) is 13.0 Å². The summed E-state index contributed by atoms with van der Waals surface area (Å²) in [6.07, 6.45) is 2.19. The molecule has 0 spiro atoms. The van der Waals surface area contributed by atoms with Crippen molar-refractivity contribution in [2.45, 2.75) is 27.2 Å². The summed E-state index contributed by atoms with van der Waals surface area (Å²) in [6.45, 7) is 6.07. The predicted octanol–water partition coefficient (Wildman–Crippen LogP) is 4.26. The summed E-state index contributed by atoms with van der Waals surface area (Å²) in [6, 6.07) is 8.94. The Bertz CT molecular complexity index is 970. The van der Waals surface area contributed by atoms with Gasteiger partial charge in [0.2, 0.25) is 0 Å². The molecule has 0 aliphatic heterocycles. The number of phenolic OH excluding ortho intramolecular Hbond substituents is 1. The molecule has 0 aliphatic rings. The van der Waals surface area contributed by atoms with Crippen LogP contribution in [0.15, 0.2) is 36.5 Å². The minimum Gasteiger partial charge on any atom is -0.506 e. The number of benzene rings is 1. The number of ether oxygens (including phenoxy) is 1. The second-order valence-electron chi connectivity index (χ2n) is 6.15. The van der Waals surface area contributed by atoms with Crippen LogP contribution < -0.4 is 5.32 Å². The molecule has 0 saturated carbocycles. The Kier molecular flexibility index (Phi) is 5.02. The Morgan fingerprint density at radius 3 is 2.81 bits per heavy atom. The maximum Gasteiger partial charge on any atom is 0.341 e. The lowest BCUT2D eigenvalue weighted by atomic mass is 10.1.